The molecule has 0 aliphatic heterocycles. The Bertz CT molecular complexity index is 104. The second-order valence-corrected chi connectivity index (χ2v) is 0. The zero-order chi connectivity index (χ0) is 0. The van der Waals surface area contributed by atoms with Crippen molar-refractivity contribution in [1.29, 1.82) is 0 Å². The van der Waals surface area contributed by atoms with Crippen molar-refractivity contribution in [3.8, 4) is 0 Å². The van der Waals surface area contributed by atoms with Gasteiger partial charge in [-0.3, -0.25) is 0 Å². The summed E-state index contributed by atoms with van der Waals surface area (Å²) >= 11 is 0. The van der Waals surface area contributed by atoms with Crippen LogP contribution in [0.2, 0.25) is 0 Å². The Balaban J connectivity index is 0. The molecule has 0 saturated carbocycles. The fourth-order valence-electron chi connectivity index (χ4n) is 0. The van der Waals surface area contributed by atoms with Gasteiger partial charge in [-0.15, -0.1) is 99.3 Å². The molecule has 0 aliphatic carbocycles. The summed E-state index contributed by atoms with van der Waals surface area (Å²) in [6.07, 6.45) is 0. The van der Waals surface area contributed by atoms with Crippen LogP contribution in [0.1, 0.15) is 68.5 Å². The largest absolute Gasteiger partial charge is 2.00 e. The van der Waals surface area contributed by atoms with Gasteiger partial charge in [0.2, 0.25) is 0 Å². The van der Waals surface area contributed by atoms with Crippen LogP contribution in [-0.2, 0) is 0 Å². The maximum atomic E-state index is 0. The van der Waals surface area contributed by atoms with Crippen molar-refractivity contribution in [2.45, 2.75) is 0 Å². The van der Waals surface area contributed by atoms with E-state index in [1.807, 2.05) is 0 Å². The third-order valence-electron chi connectivity index (χ3n) is 0. The summed E-state index contributed by atoms with van der Waals surface area (Å²) in [6, 6.07) is 0. The average molecular weight is 923 g/mol. The third-order valence-corrected chi connectivity index (χ3v) is 0. The van der Waals surface area contributed by atoms with Crippen LogP contribution in [0.25, 0.3) is 0 Å². The van der Waals surface area contributed by atoms with Gasteiger partial charge in [-0.2, -0.15) is 0 Å². The molecular formula is H56Cl8Mg24. The van der Waals surface area contributed by atoms with Gasteiger partial charge < -0.3 is 68.5 Å². The van der Waals surface area contributed by atoms with Crippen molar-refractivity contribution in [2.24, 2.45) is 0 Å². The molecule has 0 aromatic rings. The standard InChI is InChI=1S/8ClH.24Mg.48H/h8*1H;;;;;;;;;;;;;;;;;;;;;;;;;;;;;;;;;;;;;;;;;;;;;;;;;;;;;;;;;;;;;;;;;;;;;;;;/q;;;;;;;;24*+2;48*-1. The molecule has 0 radical (unpaired) electrons. The average Bonchev–Trinajstić information content (AvgIpc) is 0. The summed E-state index contributed by atoms with van der Waals surface area (Å²) in [7, 11) is 0. The van der Waals surface area contributed by atoms with E-state index in [-0.39, 0.29) is 721 Å². The van der Waals surface area contributed by atoms with Crippen molar-refractivity contribution < 1.29 is 68.5 Å². The normalized spacial score (nSPS) is 0. The number of rotatable bonds is 0. The van der Waals surface area contributed by atoms with Crippen molar-refractivity contribution in [1.82, 2.24) is 0 Å². The Morgan fingerprint density at radius 1 is 0.0938 bits per heavy atom. The molecule has 0 fully saturated rings. The Hall–Kier alpha value is 20.7. The minimum absolute atomic E-state index is 0. The fraction of sp³-hybridized carbons (Fsp3) is 0. The summed E-state index contributed by atoms with van der Waals surface area (Å²) in [5.74, 6) is 0. The third kappa shape index (κ3) is 292. The van der Waals surface area contributed by atoms with E-state index in [4.69, 9.17) is 0 Å². The van der Waals surface area contributed by atoms with Crippen LogP contribution in [0.5, 0.6) is 0 Å². The first-order valence-electron chi connectivity index (χ1n) is 0. The first-order valence-corrected chi connectivity index (χ1v) is 0. The summed E-state index contributed by atoms with van der Waals surface area (Å²) in [5.41, 5.74) is 0. The first kappa shape index (κ1) is 329. The maximum Gasteiger partial charge on any atom is 2.00 e. The van der Waals surface area contributed by atoms with Crippen molar-refractivity contribution >= 4 is 653 Å². The van der Waals surface area contributed by atoms with E-state index in [1.165, 1.54) is 0 Å². The Morgan fingerprint density at radius 3 is 0.0938 bits per heavy atom. The van der Waals surface area contributed by atoms with E-state index in [2.05, 4.69) is 0 Å². The van der Waals surface area contributed by atoms with E-state index >= 15 is 0 Å². The molecule has 0 bridgehead atoms. The molecule has 0 heterocycles. The van der Waals surface area contributed by atoms with E-state index in [0.717, 1.165) is 0 Å². The quantitative estimate of drug-likeness (QED) is 0.292. The predicted octanol–water partition coefficient (Wildman–Crippen LogP) is -0.365. The topological polar surface area (TPSA) is 0 Å². The Labute approximate surface area is 704 Å². The molecule has 0 saturated heterocycles. The molecule has 32 heavy (non-hydrogen) atoms. The molecule has 32 heteroatoms. The molecule has 0 rings (SSSR count). The molecule has 0 unspecified atom stereocenters. The van der Waals surface area contributed by atoms with Gasteiger partial charge in [0.1, 0.15) is 0 Å². The number of hydrogen-bond donors (Lipinski definition) is 0. The molecule has 0 amide bonds. The number of hydrogen-bond acceptors (Lipinski definition) is 0. The number of halogens is 8. The van der Waals surface area contributed by atoms with Crippen LogP contribution in [0.15, 0.2) is 0 Å². The van der Waals surface area contributed by atoms with E-state index in [9.17, 15) is 0 Å². The van der Waals surface area contributed by atoms with Crippen molar-refractivity contribution in [2.75, 3.05) is 0 Å². The van der Waals surface area contributed by atoms with Crippen LogP contribution in [-0.4, -0.2) is 553 Å². The molecule has 0 aromatic carbocycles. The molecule has 0 aromatic heterocycles. The van der Waals surface area contributed by atoms with Crippen LogP contribution in [0.4, 0.5) is 0 Å². The molecular weight excluding hydrogens is 867 g/mol. The zero-order valence-electron chi connectivity index (χ0n) is 68.2. The van der Waals surface area contributed by atoms with Gasteiger partial charge in [0, 0.05) is 0 Å². The zero-order valence-corrected chi connectivity index (χ0v) is 60.7. The molecule has 160 valence electrons. The van der Waals surface area contributed by atoms with Crippen LogP contribution >= 0.6 is 99.3 Å². The monoisotopic (exact) mass is 912 g/mol. The van der Waals surface area contributed by atoms with Crippen LogP contribution in [0.3, 0.4) is 0 Å². The molecule has 0 atom stereocenters. The second kappa shape index (κ2) is 310. The van der Waals surface area contributed by atoms with E-state index < -0.39 is 0 Å². The smallest absolute Gasteiger partial charge is 1.00 e. The van der Waals surface area contributed by atoms with Gasteiger partial charge in [-0.1, -0.05) is 0 Å². The molecule has 0 spiro atoms. The van der Waals surface area contributed by atoms with Gasteiger partial charge in [-0.05, 0) is 0 Å². The SMILES string of the molecule is Cl.Cl.Cl.Cl.Cl.Cl.Cl.Cl.[H-].[H-].[H-].[H-].[H-].[H-].[H-].[H-].[H-].[H-].[H-].[H-].[H-].[H-].[H-].[H-].[H-].[H-].[H-].[H-].[H-].[H-].[H-].[H-].[H-].[H-].[H-].[H-].[H-].[H-].[H-].[H-].[H-].[H-].[H-].[H-].[H-].[H-].[H-].[H-].[H-].[H-].[H-].[H-].[H-].[H-].[H-].[H-].[Mg+2].[Mg+2].[Mg+2].[Mg+2].[Mg+2].[Mg+2].[Mg+2].[Mg+2].[Mg+2].[Mg+2].[Mg+2].[Mg+2].[Mg+2].[Mg+2].[Mg+2].[Mg+2].[Mg+2].[Mg+2].[Mg+2].[Mg+2].[Mg+2].[Mg+2].[Mg+2].[Mg+2]. The minimum atomic E-state index is 0. The van der Waals surface area contributed by atoms with Crippen molar-refractivity contribution in [3.05, 3.63) is 0 Å². The molecule has 0 aliphatic rings. The Kier molecular flexibility index (Phi) is 3180. The second-order valence-electron chi connectivity index (χ2n) is 0. The van der Waals surface area contributed by atoms with Crippen LogP contribution in [0, 0.1) is 0 Å². The minimum Gasteiger partial charge on any atom is -1.00 e. The summed E-state index contributed by atoms with van der Waals surface area (Å²) in [6.45, 7) is 0. The first-order chi connectivity index (χ1) is 0. The fourth-order valence-corrected chi connectivity index (χ4v) is 0. The van der Waals surface area contributed by atoms with E-state index in [0.29, 0.717) is 0 Å². The van der Waals surface area contributed by atoms with Crippen LogP contribution < -0.4 is 0 Å². The summed E-state index contributed by atoms with van der Waals surface area (Å²) < 4.78 is 0. The van der Waals surface area contributed by atoms with E-state index in [1.54, 1.807) is 0 Å². The molecule has 0 N–H and O–H groups in total. The van der Waals surface area contributed by atoms with Gasteiger partial charge >= 0.3 is 553 Å². The Morgan fingerprint density at radius 2 is 0.0938 bits per heavy atom. The van der Waals surface area contributed by atoms with Gasteiger partial charge in [0.25, 0.3) is 0 Å². The predicted molar refractivity (Wildman–Crippen MR) is 249 cm³/mol. The summed E-state index contributed by atoms with van der Waals surface area (Å²) in [5, 5.41) is 0. The maximum absolute atomic E-state index is 0. The molecule has 0 nitrogen and oxygen atoms in total. The summed E-state index contributed by atoms with van der Waals surface area (Å²) in [4.78, 5) is 0. The van der Waals surface area contributed by atoms with Gasteiger partial charge in [0.05, 0.1) is 0 Å². The van der Waals surface area contributed by atoms with Crippen molar-refractivity contribution in [3.63, 3.8) is 0 Å². The van der Waals surface area contributed by atoms with Gasteiger partial charge in [0.15, 0.2) is 0 Å². The van der Waals surface area contributed by atoms with Gasteiger partial charge in [-0.25, -0.2) is 0 Å².